The highest BCUT2D eigenvalue weighted by Crippen LogP contribution is 2.19. The molecule has 0 unspecified atom stereocenters. The SMILES string of the molecule is CSCC[C@H](NS(=O)(=O)c1ccc2c(c1)oc(=O)n2C)C(=O)NCc1ccc(Cl)cc1. The van der Waals surface area contributed by atoms with Crippen LogP contribution in [0, 0.1) is 0 Å². The van der Waals surface area contributed by atoms with Crippen LogP contribution in [0.1, 0.15) is 12.0 Å². The molecule has 8 nitrogen and oxygen atoms in total. The van der Waals surface area contributed by atoms with Crippen LogP contribution in [0.3, 0.4) is 0 Å². The molecular weight excluding hydrogens is 462 g/mol. The van der Waals surface area contributed by atoms with Gasteiger partial charge in [-0.05, 0) is 48.3 Å². The summed E-state index contributed by atoms with van der Waals surface area (Å²) in [7, 11) is -2.50. The molecule has 31 heavy (non-hydrogen) atoms. The molecule has 0 aliphatic carbocycles. The minimum Gasteiger partial charge on any atom is -0.408 e. The molecule has 1 atom stereocenters. The van der Waals surface area contributed by atoms with E-state index >= 15 is 0 Å². The largest absolute Gasteiger partial charge is 0.419 e. The predicted molar refractivity (Wildman–Crippen MR) is 122 cm³/mol. The van der Waals surface area contributed by atoms with Crippen molar-refractivity contribution in [3.8, 4) is 0 Å². The van der Waals surface area contributed by atoms with E-state index in [-0.39, 0.29) is 17.0 Å². The first-order valence-electron chi connectivity index (χ1n) is 9.34. The zero-order chi connectivity index (χ0) is 22.6. The molecule has 11 heteroatoms. The Morgan fingerprint density at radius 1 is 1.23 bits per heavy atom. The quantitative estimate of drug-likeness (QED) is 0.484. The highest BCUT2D eigenvalue weighted by Gasteiger charge is 2.26. The van der Waals surface area contributed by atoms with Crippen LogP contribution in [0.25, 0.3) is 11.1 Å². The molecule has 0 radical (unpaired) electrons. The Balaban J connectivity index is 1.77. The number of benzene rings is 2. The van der Waals surface area contributed by atoms with Gasteiger partial charge >= 0.3 is 5.76 Å². The molecular formula is C20H22ClN3O5S2. The van der Waals surface area contributed by atoms with Gasteiger partial charge in [0.15, 0.2) is 5.58 Å². The summed E-state index contributed by atoms with van der Waals surface area (Å²) in [6, 6.07) is 10.2. The molecule has 166 valence electrons. The number of rotatable bonds is 9. The van der Waals surface area contributed by atoms with Crippen molar-refractivity contribution in [2.24, 2.45) is 7.05 Å². The number of hydrogen-bond donors (Lipinski definition) is 2. The Morgan fingerprint density at radius 3 is 2.61 bits per heavy atom. The van der Waals surface area contributed by atoms with Crippen molar-refractivity contribution in [2.45, 2.75) is 23.9 Å². The summed E-state index contributed by atoms with van der Waals surface area (Å²) in [5.74, 6) is -0.425. The summed E-state index contributed by atoms with van der Waals surface area (Å²) >= 11 is 7.38. The first-order chi connectivity index (χ1) is 14.7. The maximum atomic E-state index is 12.9. The van der Waals surface area contributed by atoms with E-state index < -0.39 is 27.7 Å². The second-order valence-corrected chi connectivity index (χ2v) is 9.99. The lowest BCUT2D eigenvalue weighted by atomic mass is 10.2. The maximum absolute atomic E-state index is 12.9. The zero-order valence-electron chi connectivity index (χ0n) is 16.9. The Kier molecular flexibility index (Phi) is 7.47. The number of halogens is 1. The van der Waals surface area contributed by atoms with Gasteiger partial charge < -0.3 is 9.73 Å². The van der Waals surface area contributed by atoms with Gasteiger partial charge in [-0.15, -0.1) is 0 Å². The third-order valence-electron chi connectivity index (χ3n) is 4.68. The molecule has 3 rings (SSSR count). The van der Waals surface area contributed by atoms with Crippen LogP contribution in [0.4, 0.5) is 0 Å². The lowest BCUT2D eigenvalue weighted by molar-refractivity contribution is -0.122. The van der Waals surface area contributed by atoms with Gasteiger partial charge in [0.05, 0.1) is 10.4 Å². The molecule has 1 aromatic heterocycles. The number of nitrogens with zero attached hydrogens (tertiary/aromatic N) is 1. The monoisotopic (exact) mass is 483 g/mol. The average Bonchev–Trinajstić information content (AvgIpc) is 3.03. The average molecular weight is 484 g/mol. The number of fused-ring (bicyclic) bond motifs is 1. The lowest BCUT2D eigenvalue weighted by Crippen LogP contribution is -2.46. The molecule has 2 N–H and O–H groups in total. The molecule has 0 aliphatic rings. The van der Waals surface area contributed by atoms with Gasteiger partial charge in [-0.1, -0.05) is 23.7 Å². The van der Waals surface area contributed by atoms with Crippen molar-refractivity contribution in [1.82, 2.24) is 14.6 Å². The van der Waals surface area contributed by atoms with Crippen LogP contribution in [0.5, 0.6) is 0 Å². The molecule has 1 amide bonds. The second kappa shape index (κ2) is 9.90. The van der Waals surface area contributed by atoms with Gasteiger partial charge in [0.25, 0.3) is 0 Å². The van der Waals surface area contributed by atoms with Crippen LogP contribution in [0.2, 0.25) is 5.02 Å². The summed E-state index contributed by atoms with van der Waals surface area (Å²) in [4.78, 5) is 24.3. The van der Waals surface area contributed by atoms with E-state index in [1.54, 1.807) is 24.3 Å². The normalized spacial score (nSPS) is 12.7. The number of oxazole rings is 1. The van der Waals surface area contributed by atoms with Gasteiger partial charge in [0, 0.05) is 24.7 Å². The standard InChI is InChI=1S/C20H22ClN3O5S2/c1-24-17-8-7-15(11-18(17)29-20(24)26)31(27,28)23-16(9-10-30-2)19(25)22-12-13-3-5-14(21)6-4-13/h3-8,11,16,23H,9-10,12H2,1-2H3,(H,22,25)/t16-/m0/s1. The van der Waals surface area contributed by atoms with Crippen molar-refractivity contribution in [3.63, 3.8) is 0 Å². The highest BCUT2D eigenvalue weighted by molar-refractivity contribution is 7.98. The number of aryl methyl sites for hydroxylation is 1. The Bertz CT molecular complexity index is 1240. The van der Waals surface area contributed by atoms with E-state index in [0.717, 1.165) is 5.56 Å². The van der Waals surface area contributed by atoms with E-state index in [1.165, 1.54) is 41.6 Å². The lowest BCUT2D eigenvalue weighted by Gasteiger charge is -2.18. The van der Waals surface area contributed by atoms with Gasteiger partial charge in [0.1, 0.15) is 6.04 Å². The highest BCUT2D eigenvalue weighted by atomic mass is 35.5. The minimum atomic E-state index is -4.03. The Labute approximate surface area is 189 Å². The maximum Gasteiger partial charge on any atom is 0.419 e. The van der Waals surface area contributed by atoms with E-state index in [9.17, 15) is 18.0 Å². The summed E-state index contributed by atoms with van der Waals surface area (Å²) in [5.41, 5.74) is 1.47. The fraction of sp³-hybridized carbons (Fsp3) is 0.300. The molecule has 0 spiro atoms. The number of sulfonamides is 1. The fourth-order valence-electron chi connectivity index (χ4n) is 2.93. The summed E-state index contributed by atoms with van der Waals surface area (Å²) in [6.07, 6.45) is 2.19. The number of amides is 1. The summed E-state index contributed by atoms with van der Waals surface area (Å²) in [6.45, 7) is 0.245. The molecule has 0 aliphatic heterocycles. The van der Waals surface area contributed by atoms with Crippen molar-refractivity contribution < 1.29 is 17.6 Å². The molecule has 0 saturated carbocycles. The van der Waals surface area contributed by atoms with Crippen LogP contribution in [-0.4, -0.2) is 36.9 Å². The van der Waals surface area contributed by atoms with Crippen LogP contribution >= 0.6 is 23.4 Å². The minimum absolute atomic E-state index is 0.0889. The fourth-order valence-corrected chi connectivity index (χ4v) is 4.77. The van der Waals surface area contributed by atoms with Crippen LogP contribution in [-0.2, 0) is 28.4 Å². The first-order valence-corrected chi connectivity index (χ1v) is 12.6. The zero-order valence-corrected chi connectivity index (χ0v) is 19.3. The van der Waals surface area contributed by atoms with Crippen molar-refractivity contribution in [1.29, 1.82) is 0 Å². The molecule has 0 bridgehead atoms. The van der Waals surface area contributed by atoms with Gasteiger partial charge in [0.2, 0.25) is 15.9 Å². The second-order valence-electron chi connectivity index (χ2n) is 6.86. The van der Waals surface area contributed by atoms with Crippen molar-refractivity contribution in [2.75, 3.05) is 12.0 Å². The topological polar surface area (TPSA) is 110 Å². The number of carbonyl (C=O) groups excluding carboxylic acids is 1. The molecule has 0 saturated heterocycles. The third kappa shape index (κ3) is 5.70. The first kappa shape index (κ1) is 23.4. The van der Waals surface area contributed by atoms with E-state index in [0.29, 0.717) is 22.7 Å². The van der Waals surface area contributed by atoms with Crippen LogP contribution in [0.15, 0.2) is 56.6 Å². The van der Waals surface area contributed by atoms with E-state index in [1.807, 2.05) is 6.26 Å². The van der Waals surface area contributed by atoms with Gasteiger partial charge in [-0.3, -0.25) is 9.36 Å². The van der Waals surface area contributed by atoms with Crippen molar-refractivity contribution in [3.05, 3.63) is 63.6 Å². The smallest absolute Gasteiger partial charge is 0.408 e. The van der Waals surface area contributed by atoms with Gasteiger partial charge in [-0.25, -0.2) is 13.2 Å². The number of carbonyl (C=O) groups is 1. The molecule has 1 heterocycles. The number of nitrogens with one attached hydrogen (secondary N) is 2. The molecule has 3 aromatic rings. The van der Waals surface area contributed by atoms with Crippen LogP contribution < -0.4 is 15.8 Å². The molecule has 0 fully saturated rings. The predicted octanol–water partition coefficient (Wildman–Crippen LogP) is 2.50. The summed E-state index contributed by atoms with van der Waals surface area (Å²) < 4.78 is 34.7. The van der Waals surface area contributed by atoms with Gasteiger partial charge in [-0.2, -0.15) is 16.5 Å². The number of thioether (sulfide) groups is 1. The third-order valence-corrected chi connectivity index (χ3v) is 7.04. The number of aromatic nitrogens is 1. The molecule has 2 aromatic carbocycles. The Hall–Kier alpha value is -2.27. The van der Waals surface area contributed by atoms with E-state index in [2.05, 4.69) is 10.0 Å². The summed E-state index contributed by atoms with van der Waals surface area (Å²) in [5, 5.41) is 3.35. The number of hydrogen-bond acceptors (Lipinski definition) is 6. The van der Waals surface area contributed by atoms with E-state index in [4.69, 9.17) is 16.0 Å². The Morgan fingerprint density at radius 2 is 1.94 bits per heavy atom. The van der Waals surface area contributed by atoms with Crippen molar-refractivity contribution >= 4 is 50.4 Å².